The molecule has 1 heterocycles. The Bertz CT molecular complexity index is 560. The van der Waals surface area contributed by atoms with Crippen LogP contribution in [0.2, 0.25) is 0 Å². The number of benzene rings is 1. The molecule has 3 rings (SSSR count). The molecule has 3 heteroatoms. The molecular weight excluding hydrogens is 252 g/mol. The number of nitrogens with one attached hydrogen (secondary N) is 1. The van der Waals surface area contributed by atoms with Gasteiger partial charge in [-0.15, -0.1) is 11.3 Å². The summed E-state index contributed by atoms with van der Waals surface area (Å²) in [5, 5.41) is 4.83. The fourth-order valence-electron chi connectivity index (χ4n) is 2.72. The van der Waals surface area contributed by atoms with Crippen molar-refractivity contribution in [3.63, 3.8) is 0 Å². The number of nitrogens with zero attached hydrogens (tertiary/aromatic N) is 1. The van der Waals surface area contributed by atoms with E-state index in [1.165, 1.54) is 52.4 Å². The van der Waals surface area contributed by atoms with E-state index in [9.17, 15) is 0 Å². The van der Waals surface area contributed by atoms with E-state index in [4.69, 9.17) is 0 Å². The summed E-state index contributed by atoms with van der Waals surface area (Å²) in [5.74, 6) is 0. The molecule has 0 fully saturated rings. The number of aromatic nitrogens is 1. The summed E-state index contributed by atoms with van der Waals surface area (Å²) in [5.41, 5.74) is 4.40. The molecular formula is C16H20N2S. The molecule has 0 unspecified atom stereocenters. The maximum absolute atomic E-state index is 4.41. The van der Waals surface area contributed by atoms with Crippen LogP contribution in [0.15, 0.2) is 24.4 Å². The first-order valence-corrected chi connectivity index (χ1v) is 7.96. The molecule has 0 aliphatic heterocycles. The summed E-state index contributed by atoms with van der Waals surface area (Å²) in [6.07, 6.45) is 8.17. The number of hydrogen-bond donors (Lipinski definition) is 1. The number of fused-ring (bicyclic) bond motifs is 1. The minimum atomic E-state index is 0.897. The van der Waals surface area contributed by atoms with Gasteiger partial charge in [-0.2, -0.15) is 0 Å². The SMILES string of the molecule is CCc1ncc(CNc2cccc3c2CCCC3)s1. The minimum absolute atomic E-state index is 0.897. The standard InChI is InChI=1S/C16H20N2S/c1-2-16-18-11-13(19-16)10-17-15-9-5-7-12-6-3-4-8-14(12)15/h5,7,9,11,17H,2-4,6,8,10H2,1H3. The predicted molar refractivity (Wildman–Crippen MR) is 81.9 cm³/mol. The first-order chi connectivity index (χ1) is 9.36. The Morgan fingerprint density at radius 1 is 1.26 bits per heavy atom. The molecule has 19 heavy (non-hydrogen) atoms. The summed E-state index contributed by atoms with van der Waals surface area (Å²) >= 11 is 1.82. The monoisotopic (exact) mass is 272 g/mol. The highest BCUT2D eigenvalue weighted by Gasteiger charge is 2.12. The van der Waals surface area contributed by atoms with Crippen molar-refractivity contribution < 1.29 is 0 Å². The molecule has 0 atom stereocenters. The van der Waals surface area contributed by atoms with Crippen molar-refractivity contribution in [1.29, 1.82) is 0 Å². The Morgan fingerprint density at radius 2 is 2.16 bits per heavy atom. The fraction of sp³-hybridized carbons (Fsp3) is 0.438. The number of rotatable bonds is 4. The molecule has 0 spiro atoms. The van der Waals surface area contributed by atoms with E-state index in [-0.39, 0.29) is 0 Å². The van der Waals surface area contributed by atoms with Gasteiger partial charge in [0.15, 0.2) is 0 Å². The summed E-state index contributed by atoms with van der Waals surface area (Å²) < 4.78 is 0. The van der Waals surface area contributed by atoms with Crippen LogP contribution in [-0.2, 0) is 25.8 Å². The Kier molecular flexibility index (Phi) is 3.83. The van der Waals surface area contributed by atoms with E-state index < -0.39 is 0 Å². The lowest BCUT2D eigenvalue weighted by Crippen LogP contribution is -2.08. The molecule has 1 aromatic carbocycles. The van der Waals surface area contributed by atoms with Gasteiger partial charge in [0.2, 0.25) is 0 Å². The van der Waals surface area contributed by atoms with Gasteiger partial charge < -0.3 is 5.32 Å². The van der Waals surface area contributed by atoms with Crippen molar-refractivity contribution in [1.82, 2.24) is 4.98 Å². The van der Waals surface area contributed by atoms with Crippen LogP contribution >= 0.6 is 11.3 Å². The molecule has 0 bridgehead atoms. The third-order valence-electron chi connectivity index (χ3n) is 3.75. The molecule has 0 radical (unpaired) electrons. The van der Waals surface area contributed by atoms with E-state index in [0.29, 0.717) is 0 Å². The zero-order chi connectivity index (χ0) is 13.1. The van der Waals surface area contributed by atoms with Crippen LogP contribution in [-0.4, -0.2) is 4.98 Å². The van der Waals surface area contributed by atoms with Crippen LogP contribution < -0.4 is 5.32 Å². The Morgan fingerprint density at radius 3 is 3.00 bits per heavy atom. The average molecular weight is 272 g/mol. The number of hydrogen-bond acceptors (Lipinski definition) is 3. The summed E-state index contributed by atoms with van der Waals surface area (Å²) in [7, 11) is 0. The molecule has 1 aliphatic carbocycles. The van der Waals surface area contributed by atoms with Gasteiger partial charge in [-0.05, 0) is 49.3 Å². The second kappa shape index (κ2) is 5.74. The van der Waals surface area contributed by atoms with E-state index in [1.54, 1.807) is 0 Å². The van der Waals surface area contributed by atoms with E-state index in [1.807, 2.05) is 17.5 Å². The summed E-state index contributed by atoms with van der Waals surface area (Å²) in [4.78, 5) is 5.74. The summed E-state index contributed by atoms with van der Waals surface area (Å²) in [6.45, 7) is 3.05. The third kappa shape index (κ3) is 2.81. The van der Waals surface area contributed by atoms with Gasteiger partial charge in [-0.3, -0.25) is 0 Å². The van der Waals surface area contributed by atoms with Gasteiger partial charge in [0.1, 0.15) is 0 Å². The average Bonchev–Trinajstić information content (AvgIpc) is 2.93. The normalized spacial score (nSPS) is 14.2. The first-order valence-electron chi connectivity index (χ1n) is 7.15. The van der Waals surface area contributed by atoms with Crippen LogP contribution in [0.3, 0.4) is 0 Å². The van der Waals surface area contributed by atoms with Crippen LogP contribution in [0.1, 0.15) is 40.8 Å². The highest BCUT2D eigenvalue weighted by atomic mass is 32.1. The molecule has 2 aromatic rings. The van der Waals surface area contributed by atoms with Crippen LogP contribution in [0.4, 0.5) is 5.69 Å². The second-order valence-corrected chi connectivity index (χ2v) is 6.28. The van der Waals surface area contributed by atoms with Gasteiger partial charge in [0, 0.05) is 16.8 Å². The van der Waals surface area contributed by atoms with Crippen molar-refractivity contribution >= 4 is 17.0 Å². The maximum atomic E-state index is 4.41. The van der Waals surface area contributed by atoms with Crippen molar-refractivity contribution in [2.24, 2.45) is 0 Å². The lowest BCUT2D eigenvalue weighted by Gasteiger charge is -2.19. The van der Waals surface area contributed by atoms with Gasteiger partial charge >= 0.3 is 0 Å². The molecule has 1 aromatic heterocycles. The van der Waals surface area contributed by atoms with Crippen LogP contribution in [0, 0.1) is 0 Å². The van der Waals surface area contributed by atoms with Crippen molar-refractivity contribution in [2.75, 3.05) is 5.32 Å². The van der Waals surface area contributed by atoms with Gasteiger partial charge in [0.25, 0.3) is 0 Å². The Hall–Kier alpha value is -1.35. The Labute approximate surface area is 118 Å². The van der Waals surface area contributed by atoms with Gasteiger partial charge in [-0.1, -0.05) is 19.1 Å². The second-order valence-electron chi connectivity index (χ2n) is 5.08. The molecule has 100 valence electrons. The van der Waals surface area contributed by atoms with Gasteiger partial charge in [-0.25, -0.2) is 4.98 Å². The van der Waals surface area contributed by atoms with E-state index >= 15 is 0 Å². The molecule has 0 amide bonds. The number of aryl methyl sites for hydroxylation is 2. The maximum Gasteiger partial charge on any atom is 0.0925 e. The molecule has 0 saturated heterocycles. The quantitative estimate of drug-likeness (QED) is 0.902. The zero-order valence-electron chi connectivity index (χ0n) is 11.4. The van der Waals surface area contributed by atoms with Crippen molar-refractivity contribution in [3.8, 4) is 0 Å². The van der Waals surface area contributed by atoms with Crippen molar-refractivity contribution in [2.45, 2.75) is 45.6 Å². The highest BCUT2D eigenvalue weighted by molar-refractivity contribution is 7.11. The Balaban J connectivity index is 1.73. The zero-order valence-corrected chi connectivity index (χ0v) is 12.2. The van der Waals surface area contributed by atoms with Crippen molar-refractivity contribution in [3.05, 3.63) is 45.4 Å². The van der Waals surface area contributed by atoms with E-state index in [2.05, 4.69) is 35.4 Å². The first kappa shape index (κ1) is 12.7. The topological polar surface area (TPSA) is 24.9 Å². The van der Waals surface area contributed by atoms with Gasteiger partial charge in [0.05, 0.1) is 11.6 Å². The molecule has 1 aliphatic rings. The lowest BCUT2D eigenvalue weighted by molar-refractivity contribution is 0.686. The van der Waals surface area contributed by atoms with Crippen LogP contribution in [0.5, 0.6) is 0 Å². The van der Waals surface area contributed by atoms with E-state index in [0.717, 1.165) is 13.0 Å². The smallest absolute Gasteiger partial charge is 0.0925 e. The predicted octanol–water partition coefficient (Wildman–Crippen LogP) is 4.20. The molecule has 1 N–H and O–H groups in total. The fourth-order valence-corrected chi connectivity index (χ4v) is 3.52. The molecule has 0 saturated carbocycles. The lowest BCUT2D eigenvalue weighted by atomic mass is 9.90. The largest absolute Gasteiger partial charge is 0.380 e. The third-order valence-corrected chi connectivity index (χ3v) is 4.89. The van der Waals surface area contributed by atoms with Crippen LogP contribution in [0.25, 0.3) is 0 Å². The minimum Gasteiger partial charge on any atom is -0.380 e. The highest BCUT2D eigenvalue weighted by Crippen LogP contribution is 2.28. The molecule has 2 nitrogen and oxygen atoms in total. The number of thiazole rings is 1. The summed E-state index contributed by atoms with van der Waals surface area (Å²) in [6, 6.07) is 6.67. The number of anilines is 1.